The molecule has 148 valence electrons. The van der Waals surface area contributed by atoms with Gasteiger partial charge < -0.3 is 10.6 Å². The van der Waals surface area contributed by atoms with Crippen molar-refractivity contribution in [3.05, 3.63) is 72.2 Å². The van der Waals surface area contributed by atoms with E-state index in [-0.39, 0.29) is 11.9 Å². The summed E-state index contributed by atoms with van der Waals surface area (Å²) in [5.41, 5.74) is 3.05. The number of nitrogens with zero attached hydrogens (tertiary/aromatic N) is 4. The van der Waals surface area contributed by atoms with Gasteiger partial charge in [-0.1, -0.05) is 18.2 Å². The molecule has 7 nitrogen and oxygen atoms in total. The van der Waals surface area contributed by atoms with Crippen molar-refractivity contribution in [1.82, 2.24) is 19.9 Å². The summed E-state index contributed by atoms with van der Waals surface area (Å²) in [7, 11) is 0. The Bertz CT molecular complexity index is 961. The van der Waals surface area contributed by atoms with Crippen LogP contribution in [0.15, 0.2) is 60.9 Å². The predicted molar refractivity (Wildman–Crippen MR) is 113 cm³/mol. The average molecular weight is 388 g/mol. The second-order valence-electron chi connectivity index (χ2n) is 7.15. The van der Waals surface area contributed by atoms with E-state index in [1.165, 1.54) is 12.5 Å². The van der Waals surface area contributed by atoms with Crippen molar-refractivity contribution in [2.24, 2.45) is 0 Å². The Morgan fingerprint density at radius 2 is 1.97 bits per heavy atom. The lowest BCUT2D eigenvalue weighted by molar-refractivity contribution is -0.114. The number of aromatic nitrogens is 3. The lowest BCUT2D eigenvalue weighted by Gasteiger charge is -2.24. The summed E-state index contributed by atoms with van der Waals surface area (Å²) in [6.07, 6.45) is 5.75. The van der Waals surface area contributed by atoms with Crippen molar-refractivity contribution in [3.63, 3.8) is 0 Å². The highest BCUT2D eigenvalue weighted by Gasteiger charge is 2.27. The molecule has 3 heterocycles. The smallest absolute Gasteiger partial charge is 0.228 e. The summed E-state index contributed by atoms with van der Waals surface area (Å²) in [6.45, 7) is 3.39. The van der Waals surface area contributed by atoms with Gasteiger partial charge in [0.05, 0.1) is 11.7 Å². The van der Waals surface area contributed by atoms with E-state index in [1.807, 2.05) is 36.4 Å². The third-order valence-electron chi connectivity index (χ3n) is 4.95. The molecule has 1 aromatic carbocycles. The Morgan fingerprint density at radius 3 is 2.72 bits per heavy atom. The molecule has 1 amide bonds. The fourth-order valence-corrected chi connectivity index (χ4v) is 3.65. The van der Waals surface area contributed by atoms with Crippen molar-refractivity contribution in [2.75, 3.05) is 17.2 Å². The summed E-state index contributed by atoms with van der Waals surface area (Å²) in [5.74, 6) is 1.23. The third-order valence-corrected chi connectivity index (χ3v) is 4.95. The second kappa shape index (κ2) is 8.79. The number of nitrogens with one attached hydrogen (secondary N) is 2. The SMILES string of the molecule is CC(=O)Nc1ccc(CN2CCCC2c2ccnc(Nc3ccccn3)n2)cc1. The Kier molecular flexibility index (Phi) is 5.76. The summed E-state index contributed by atoms with van der Waals surface area (Å²) in [4.78, 5) is 27.0. The van der Waals surface area contributed by atoms with Gasteiger partial charge in [0.15, 0.2) is 0 Å². The number of carbonyl (C=O) groups excluding carboxylic acids is 1. The predicted octanol–water partition coefficient (Wildman–Crippen LogP) is 3.91. The molecule has 0 bridgehead atoms. The first-order valence-electron chi connectivity index (χ1n) is 9.79. The van der Waals surface area contributed by atoms with Crippen LogP contribution in [0, 0.1) is 0 Å². The van der Waals surface area contributed by atoms with Gasteiger partial charge in [0.25, 0.3) is 0 Å². The van der Waals surface area contributed by atoms with Crippen LogP contribution in [0.2, 0.25) is 0 Å². The molecule has 0 radical (unpaired) electrons. The highest BCUT2D eigenvalue weighted by Crippen LogP contribution is 2.32. The van der Waals surface area contributed by atoms with Crippen LogP contribution in [0.5, 0.6) is 0 Å². The number of hydrogen-bond acceptors (Lipinski definition) is 6. The Labute approximate surface area is 170 Å². The fourth-order valence-electron chi connectivity index (χ4n) is 3.65. The maximum atomic E-state index is 11.2. The number of likely N-dealkylation sites (tertiary alicyclic amines) is 1. The number of hydrogen-bond donors (Lipinski definition) is 2. The first kappa shape index (κ1) is 19.0. The van der Waals surface area contributed by atoms with Gasteiger partial charge in [0.1, 0.15) is 5.82 Å². The summed E-state index contributed by atoms with van der Waals surface area (Å²) in [5, 5.41) is 5.97. The van der Waals surface area contributed by atoms with E-state index < -0.39 is 0 Å². The zero-order valence-electron chi connectivity index (χ0n) is 16.4. The van der Waals surface area contributed by atoms with Crippen molar-refractivity contribution >= 4 is 23.4 Å². The minimum Gasteiger partial charge on any atom is -0.326 e. The lowest BCUT2D eigenvalue weighted by atomic mass is 10.1. The van der Waals surface area contributed by atoms with Crippen molar-refractivity contribution < 1.29 is 4.79 Å². The van der Waals surface area contributed by atoms with Gasteiger partial charge in [0, 0.05) is 31.5 Å². The molecule has 3 aromatic rings. The molecule has 1 unspecified atom stereocenters. The summed E-state index contributed by atoms with van der Waals surface area (Å²) < 4.78 is 0. The number of pyridine rings is 1. The molecule has 1 aliphatic heterocycles. The molecule has 2 aromatic heterocycles. The molecular weight excluding hydrogens is 364 g/mol. The second-order valence-corrected chi connectivity index (χ2v) is 7.15. The summed E-state index contributed by atoms with van der Waals surface area (Å²) in [6, 6.07) is 16.0. The number of benzene rings is 1. The van der Waals surface area contributed by atoms with Crippen LogP contribution in [-0.4, -0.2) is 32.3 Å². The van der Waals surface area contributed by atoms with E-state index in [0.29, 0.717) is 5.95 Å². The van der Waals surface area contributed by atoms with Crippen LogP contribution < -0.4 is 10.6 Å². The topological polar surface area (TPSA) is 83.0 Å². The molecule has 1 aliphatic rings. The van der Waals surface area contributed by atoms with Crippen LogP contribution in [0.4, 0.5) is 17.5 Å². The van der Waals surface area contributed by atoms with Gasteiger partial charge in [-0.25, -0.2) is 15.0 Å². The Balaban J connectivity index is 1.45. The van der Waals surface area contributed by atoms with Crippen LogP contribution in [0.3, 0.4) is 0 Å². The first-order valence-corrected chi connectivity index (χ1v) is 9.79. The van der Waals surface area contributed by atoms with Crippen molar-refractivity contribution in [3.8, 4) is 0 Å². The van der Waals surface area contributed by atoms with E-state index in [2.05, 4.69) is 37.6 Å². The fraction of sp³-hybridized carbons (Fsp3) is 0.273. The molecule has 1 saturated heterocycles. The van der Waals surface area contributed by atoms with E-state index in [4.69, 9.17) is 4.98 Å². The Morgan fingerprint density at radius 1 is 1.10 bits per heavy atom. The molecule has 0 spiro atoms. The van der Waals surface area contributed by atoms with Crippen LogP contribution in [-0.2, 0) is 11.3 Å². The molecule has 7 heteroatoms. The normalized spacial score (nSPS) is 16.5. The minimum absolute atomic E-state index is 0.0590. The van der Waals surface area contributed by atoms with E-state index >= 15 is 0 Å². The molecule has 2 N–H and O–H groups in total. The average Bonchev–Trinajstić information content (AvgIpc) is 3.18. The number of carbonyl (C=O) groups is 1. The van der Waals surface area contributed by atoms with E-state index in [0.717, 1.165) is 43.1 Å². The van der Waals surface area contributed by atoms with Gasteiger partial charge in [-0.3, -0.25) is 9.69 Å². The number of rotatable bonds is 6. The number of amides is 1. The zero-order valence-corrected chi connectivity index (χ0v) is 16.4. The molecule has 4 rings (SSSR count). The van der Waals surface area contributed by atoms with Gasteiger partial charge >= 0.3 is 0 Å². The lowest BCUT2D eigenvalue weighted by Crippen LogP contribution is -2.23. The molecule has 29 heavy (non-hydrogen) atoms. The van der Waals surface area contributed by atoms with Crippen LogP contribution in [0.25, 0.3) is 0 Å². The van der Waals surface area contributed by atoms with Gasteiger partial charge in [-0.05, 0) is 55.3 Å². The Hall–Kier alpha value is -3.32. The molecule has 1 fully saturated rings. The largest absolute Gasteiger partial charge is 0.326 e. The standard InChI is InChI=1S/C22H24N6O/c1-16(29)25-18-9-7-17(8-10-18)15-28-14-4-5-20(28)19-11-13-24-22(26-19)27-21-6-2-3-12-23-21/h2-3,6-13,20H,4-5,14-15H2,1H3,(H,25,29)(H,23,24,26,27). The number of anilines is 3. The first-order chi connectivity index (χ1) is 14.2. The molecule has 0 saturated carbocycles. The highest BCUT2D eigenvalue weighted by molar-refractivity contribution is 5.88. The molecular formula is C22H24N6O. The van der Waals surface area contributed by atoms with E-state index in [9.17, 15) is 4.79 Å². The molecule has 0 aliphatic carbocycles. The maximum absolute atomic E-state index is 11.2. The van der Waals surface area contributed by atoms with E-state index in [1.54, 1.807) is 12.4 Å². The zero-order chi connectivity index (χ0) is 20.1. The highest BCUT2D eigenvalue weighted by atomic mass is 16.1. The van der Waals surface area contributed by atoms with Gasteiger partial charge in [0.2, 0.25) is 11.9 Å². The quantitative estimate of drug-likeness (QED) is 0.666. The van der Waals surface area contributed by atoms with Gasteiger partial charge in [-0.2, -0.15) is 0 Å². The minimum atomic E-state index is -0.0590. The van der Waals surface area contributed by atoms with Crippen LogP contribution >= 0.6 is 0 Å². The third kappa shape index (κ3) is 4.94. The van der Waals surface area contributed by atoms with Gasteiger partial charge in [-0.15, -0.1) is 0 Å². The monoisotopic (exact) mass is 388 g/mol. The molecule has 1 atom stereocenters. The van der Waals surface area contributed by atoms with Crippen molar-refractivity contribution in [2.45, 2.75) is 32.4 Å². The summed E-state index contributed by atoms with van der Waals surface area (Å²) >= 11 is 0. The van der Waals surface area contributed by atoms with Crippen LogP contribution in [0.1, 0.15) is 37.1 Å². The van der Waals surface area contributed by atoms with Crippen molar-refractivity contribution in [1.29, 1.82) is 0 Å². The maximum Gasteiger partial charge on any atom is 0.228 e.